The lowest BCUT2D eigenvalue weighted by atomic mass is 10.0. The van der Waals surface area contributed by atoms with Crippen LogP contribution in [0, 0.1) is 13.8 Å². The number of amides is 2. The lowest BCUT2D eigenvalue weighted by Crippen LogP contribution is -2.38. The molecule has 2 aliphatic rings. The Kier molecular flexibility index (Phi) is 3.79. The first-order valence-corrected chi connectivity index (χ1v) is 8.62. The minimum atomic E-state index is -0.307. The number of benzene rings is 2. The van der Waals surface area contributed by atoms with Gasteiger partial charge < -0.3 is 20.1 Å². The molecular formula is C20H22N2O3. The highest BCUT2D eigenvalue weighted by molar-refractivity contribution is 5.90. The van der Waals surface area contributed by atoms with E-state index in [2.05, 4.69) is 16.7 Å². The molecule has 25 heavy (non-hydrogen) atoms. The van der Waals surface area contributed by atoms with Gasteiger partial charge in [-0.15, -0.1) is 0 Å². The van der Waals surface area contributed by atoms with E-state index in [0.717, 1.165) is 46.7 Å². The van der Waals surface area contributed by atoms with Crippen molar-refractivity contribution in [1.82, 2.24) is 5.32 Å². The first kappa shape index (κ1) is 15.8. The van der Waals surface area contributed by atoms with Crippen molar-refractivity contribution in [3.8, 4) is 11.5 Å². The lowest BCUT2D eigenvalue weighted by molar-refractivity contribution is 0.171. The molecule has 1 aliphatic carbocycles. The Morgan fingerprint density at radius 1 is 0.960 bits per heavy atom. The lowest BCUT2D eigenvalue weighted by Gasteiger charge is -2.23. The van der Waals surface area contributed by atoms with Crippen LogP contribution in [-0.4, -0.2) is 19.2 Å². The molecule has 2 aromatic rings. The van der Waals surface area contributed by atoms with E-state index < -0.39 is 0 Å². The fourth-order valence-electron chi connectivity index (χ4n) is 3.38. The molecule has 2 amide bonds. The van der Waals surface area contributed by atoms with Gasteiger partial charge in [0.05, 0.1) is 5.54 Å². The molecule has 0 spiro atoms. The van der Waals surface area contributed by atoms with Crippen molar-refractivity contribution >= 4 is 11.7 Å². The SMILES string of the molecule is Cc1cc(C)cc(NC(=O)NC2(c3ccc4c(c3)OCCO4)CC2)c1. The van der Waals surface area contributed by atoms with Crippen molar-refractivity contribution in [3.63, 3.8) is 0 Å². The van der Waals surface area contributed by atoms with E-state index in [0.29, 0.717) is 13.2 Å². The van der Waals surface area contributed by atoms with E-state index >= 15 is 0 Å². The Hall–Kier alpha value is -2.69. The summed E-state index contributed by atoms with van der Waals surface area (Å²) in [6.45, 7) is 5.18. The molecule has 2 N–H and O–H groups in total. The maximum absolute atomic E-state index is 12.5. The molecule has 0 atom stereocenters. The molecule has 0 aromatic heterocycles. The molecule has 0 bridgehead atoms. The van der Waals surface area contributed by atoms with Crippen molar-refractivity contribution in [2.45, 2.75) is 32.2 Å². The number of fused-ring (bicyclic) bond motifs is 1. The molecule has 0 saturated heterocycles. The number of nitrogens with one attached hydrogen (secondary N) is 2. The molecule has 2 aromatic carbocycles. The van der Waals surface area contributed by atoms with Crippen LogP contribution in [0.3, 0.4) is 0 Å². The van der Waals surface area contributed by atoms with Gasteiger partial charge in [-0.25, -0.2) is 4.79 Å². The number of rotatable bonds is 3. The summed E-state index contributed by atoms with van der Waals surface area (Å²) in [5.41, 5.74) is 3.82. The molecule has 5 nitrogen and oxygen atoms in total. The second kappa shape index (κ2) is 5.99. The van der Waals surface area contributed by atoms with Gasteiger partial charge in [0.2, 0.25) is 0 Å². The highest BCUT2D eigenvalue weighted by atomic mass is 16.6. The third-order valence-corrected chi connectivity index (χ3v) is 4.68. The molecule has 5 heteroatoms. The Morgan fingerprint density at radius 2 is 1.64 bits per heavy atom. The minimum Gasteiger partial charge on any atom is -0.486 e. The Labute approximate surface area is 147 Å². The largest absolute Gasteiger partial charge is 0.486 e. The fourth-order valence-corrected chi connectivity index (χ4v) is 3.38. The number of carbonyl (C=O) groups is 1. The molecule has 1 saturated carbocycles. The van der Waals surface area contributed by atoms with Gasteiger partial charge in [0.1, 0.15) is 13.2 Å². The smallest absolute Gasteiger partial charge is 0.319 e. The van der Waals surface area contributed by atoms with Crippen LogP contribution in [0.4, 0.5) is 10.5 Å². The molecule has 4 rings (SSSR count). The Morgan fingerprint density at radius 3 is 2.32 bits per heavy atom. The van der Waals surface area contributed by atoms with Crippen LogP contribution in [0.5, 0.6) is 11.5 Å². The number of hydrogen-bond donors (Lipinski definition) is 2. The fraction of sp³-hybridized carbons (Fsp3) is 0.350. The third kappa shape index (κ3) is 3.27. The van der Waals surface area contributed by atoms with Crippen LogP contribution in [0.2, 0.25) is 0 Å². The Balaban J connectivity index is 1.49. The molecule has 0 unspecified atom stereocenters. The number of carbonyl (C=O) groups excluding carboxylic acids is 1. The predicted molar refractivity (Wildman–Crippen MR) is 96.4 cm³/mol. The van der Waals surface area contributed by atoms with E-state index in [4.69, 9.17) is 9.47 Å². The topological polar surface area (TPSA) is 59.6 Å². The monoisotopic (exact) mass is 338 g/mol. The van der Waals surface area contributed by atoms with Crippen LogP contribution >= 0.6 is 0 Å². The number of aryl methyl sites for hydroxylation is 2. The van der Waals surface area contributed by atoms with Gasteiger partial charge in [0.25, 0.3) is 0 Å². The predicted octanol–water partition coefficient (Wildman–Crippen LogP) is 3.89. The van der Waals surface area contributed by atoms with Gasteiger partial charge in [0.15, 0.2) is 11.5 Å². The van der Waals surface area contributed by atoms with Crippen LogP contribution in [0.25, 0.3) is 0 Å². The zero-order chi connectivity index (χ0) is 17.4. The average Bonchev–Trinajstić information content (AvgIpc) is 3.34. The summed E-state index contributed by atoms with van der Waals surface area (Å²) >= 11 is 0. The molecule has 0 radical (unpaired) electrons. The van der Waals surface area contributed by atoms with Gasteiger partial charge in [0, 0.05) is 5.69 Å². The summed E-state index contributed by atoms with van der Waals surface area (Å²) in [7, 11) is 0. The van der Waals surface area contributed by atoms with Gasteiger partial charge in [-0.2, -0.15) is 0 Å². The average molecular weight is 338 g/mol. The molecule has 130 valence electrons. The maximum Gasteiger partial charge on any atom is 0.319 e. The first-order chi connectivity index (χ1) is 12.0. The number of ether oxygens (including phenoxy) is 2. The summed E-state index contributed by atoms with van der Waals surface area (Å²) in [6.07, 6.45) is 1.85. The van der Waals surface area contributed by atoms with E-state index in [1.807, 2.05) is 44.2 Å². The summed E-state index contributed by atoms with van der Waals surface area (Å²) in [4.78, 5) is 12.5. The summed E-state index contributed by atoms with van der Waals surface area (Å²) in [6, 6.07) is 11.8. The second-order valence-corrected chi connectivity index (χ2v) is 6.90. The van der Waals surface area contributed by atoms with E-state index in [1.54, 1.807) is 0 Å². The summed E-state index contributed by atoms with van der Waals surface area (Å²) in [5, 5.41) is 6.08. The number of anilines is 1. The summed E-state index contributed by atoms with van der Waals surface area (Å²) < 4.78 is 11.2. The summed E-state index contributed by atoms with van der Waals surface area (Å²) in [5.74, 6) is 1.53. The second-order valence-electron chi connectivity index (χ2n) is 6.90. The van der Waals surface area contributed by atoms with Crippen LogP contribution in [0.15, 0.2) is 36.4 Å². The molecule has 1 aliphatic heterocycles. The number of urea groups is 1. The normalized spacial score (nSPS) is 16.9. The van der Waals surface area contributed by atoms with Gasteiger partial charge in [-0.05, 0) is 67.6 Å². The maximum atomic E-state index is 12.5. The first-order valence-electron chi connectivity index (χ1n) is 8.62. The van der Waals surface area contributed by atoms with Gasteiger partial charge in [-0.3, -0.25) is 0 Å². The van der Waals surface area contributed by atoms with Crippen molar-refractivity contribution in [1.29, 1.82) is 0 Å². The van der Waals surface area contributed by atoms with Crippen LogP contribution in [-0.2, 0) is 5.54 Å². The van der Waals surface area contributed by atoms with Gasteiger partial charge >= 0.3 is 6.03 Å². The van der Waals surface area contributed by atoms with Gasteiger partial charge in [-0.1, -0.05) is 12.1 Å². The van der Waals surface area contributed by atoms with E-state index in [-0.39, 0.29) is 11.6 Å². The van der Waals surface area contributed by atoms with Crippen molar-refractivity contribution < 1.29 is 14.3 Å². The highest BCUT2D eigenvalue weighted by Gasteiger charge is 2.46. The zero-order valence-corrected chi connectivity index (χ0v) is 14.5. The minimum absolute atomic E-state index is 0.183. The molecular weight excluding hydrogens is 316 g/mol. The zero-order valence-electron chi connectivity index (χ0n) is 14.5. The van der Waals surface area contributed by atoms with Crippen LogP contribution < -0.4 is 20.1 Å². The quantitative estimate of drug-likeness (QED) is 0.893. The highest BCUT2D eigenvalue weighted by Crippen LogP contribution is 2.47. The number of hydrogen-bond acceptors (Lipinski definition) is 3. The molecule has 1 heterocycles. The standard InChI is InChI=1S/C20H22N2O3/c1-13-9-14(2)11-16(10-13)21-19(23)22-20(5-6-20)15-3-4-17-18(12-15)25-8-7-24-17/h3-4,9-12H,5-8H2,1-2H3,(H2,21,22,23). The van der Waals surface area contributed by atoms with E-state index in [1.165, 1.54) is 0 Å². The van der Waals surface area contributed by atoms with Crippen molar-refractivity contribution in [3.05, 3.63) is 53.1 Å². The third-order valence-electron chi connectivity index (χ3n) is 4.68. The van der Waals surface area contributed by atoms with Crippen molar-refractivity contribution in [2.24, 2.45) is 0 Å². The molecule has 1 fully saturated rings. The van der Waals surface area contributed by atoms with E-state index in [9.17, 15) is 4.79 Å². The van der Waals surface area contributed by atoms with Crippen molar-refractivity contribution in [2.75, 3.05) is 18.5 Å². The Bertz CT molecular complexity index is 807. The van der Waals surface area contributed by atoms with Crippen LogP contribution in [0.1, 0.15) is 29.5 Å².